The van der Waals surface area contributed by atoms with Crippen molar-refractivity contribution in [3.05, 3.63) is 29.3 Å². The second kappa shape index (κ2) is 5.12. The lowest BCUT2D eigenvalue weighted by atomic mass is 10.3. The number of carbonyl (C=O) groups is 1. The largest absolute Gasteiger partial charge is 0.413 e. The zero-order valence-electron chi connectivity index (χ0n) is 7.53. The lowest BCUT2D eigenvalue weighted by molar-refractivity contribution is 0.200. The molecular weight excluding hydrogens is 222 g/mol. The number of rotatable bonds is 2. The van der Waals surface area contributed by atoms with E-state index in [0.29, 0.717) is 10.8 Å². The first-order chi connectivity index (χ1) is 6.59. The molecule has 0 saturated heterocycles. The second-order valence-corrected chi connectivity index (χ2v) is 3.82. The van der Waals surface area contributed by atoms with Crippen LogP contribution in [0.3, 0.4) is 0 Å². The van der Waals surface area contributed by atoms with Crippen molar-refractivity contribution in [2.75, 3.05) is 0 Å². The SMILES string of the molecule is CC(S)NC(=O)Oc1ccccc1Cl. The average molecular weight is 232 g/mol. The number of nitrogens with one attached hydrogen (secondary N) is 1. The van der Waals surface area contributed by atoms with E-state index in [1.807, 2.05) is 0 Å². The maximum Gasteiger partial charge on any atom is 0.413 e. The van der Waals surface area contributed by atoms with Crippen LogP contribution in [0.5, 0.6) is 5.75 Å². The van der Waals surface area contributed by atoms with Crippen LogP contribution >= 0.6 is 24.2 Å². The minimum Gasteiger partial charge on any atom is -0.409 e. The summed E-state index contributed by atoms with van der Waals surface area (Å²) < 4.78 is 4.93. The molecular formula is C9H10ClNO2S. The highest BCUT2D eigenvalue weighted by molar-refractivity contribution is 7.80. The standard InChI is InChI=1S/C9H10ClNO2S/c1-6(14)11-9(12)13-8-5-3-2-4-7(8)10/h2-6,14H,1H3,(H,11,12). The fourth-order valence-electron chi connectivity index (χ4n) is 0.827. The van der Waals surface area contributed by atoms with Gasteiger partial charge in [-0.05, 0) is 19.1 Å². The van der Waals surface area contributed by atoms with Crippen molar-refractivity contribution in [2.24, 2.45) is 0 Å². The summed E-state index contributed by atoms with van der Waals surface area (Å²) in [5.74, 6) is 0.334. The lowest BCUT2D eigenvalue weighted by Gasteiger charge is -2.09. The predicted molar refractivity (Wildman–Crippen MR) is 59.1 cm³/mol. The molecule has 1 rings (SSSR count). The van der Waals surface area contributed by atoms with Crippen molar-refractivity contribution in [1.29, 1.82) is 0 Å². The Morgan fingerprint density at radius 3 is 2.79 bits per heavy atom. The average Bonchev–Trinajstić information content (AvgIpc) is 2.07. The molecule has 1 atom stereocenters. The molecule has 0 aliphatic heterocycles. The van der Waals surface area contributed by atoms with Gasteiger partial charge in [0, 0.05) is 0 Å². The van der Waals surface area contributed by atoms with Gasteiger partial charge in [-0.15, -0.1) is 0 Å². The Balaban J connectivity index is 2.61. The molecule has 0 aliphatic rings. The Kier molecular flexibility index (Phi) is 4.10. The quantitative estimate of drug-likeness (QED) is 0.607. The van der Waals surface area contributed by atoms with Crippen molar-refractivity contribution in [3.8, 4) is 5.75 Å². The van der Waals surface area contributed by atoms with Gasteiger partial charge in [-0.25, -0.2) is 4.79 Å². The first kappa shape index (κ1) is 11.2. The van der Waals surface area contributed by atoms with Gasteiger partial charge in [0.1, 0.15) is 0 Å². The van der Waals surface area contributed by atoms with Crippen LogP contribution in [0.25, 0.3) is 0 Å². The first-order valence-electron chi connectivity index (χ1n) is 4.00. The van der Waals surface area contributed by atoms with Crippen LogP contribution in [0.4, 0.5) is 4.79 Å². The van der Waals surface area contributed by atoms with Crippen molar-refractivity contribution in [2.45, 2.75) is 12.3 Å². The number of carbonyl (C=O) groups excluding carboxylic acids is 1. The Bertz CT molecular complexity index is 330. The van der Waals surface area contributed by atoms with Crippen LogP contribution in [0.15, 0.2) is 24.3 Å². The van der Waals surface area contributed by atoms with Gasteiger partial charge in [-0.3, -0.25) is 0 Å². The fourth-order valence-corrected chi connectivity index (χ4v) is 1.11. The maximum atomic E-state index is 11.1. The van der Waals surface area contributed by atoms with Crippen LogP contribution in [-0.2, 0) is 0 Å². The molecule has 0 saturated carbocycles. The summed E-state index contributed by atoms with van der Waals surface area (Å²) in [6.45, 7) is 1.72. The van der Waals surface area contributed by atoms with Crippen LogP contribution in [0.1, 0.15) is 6.92 Å². The summed E-state index contributed by atoms with van der Waals surface area (Å²) in [4.78, 5) is 11.1. The summed E-state index contributed by atoms with van der Waals surface area (Å²) in [6, 6.07) is 6.76. The molecule has 0 heterocycles. The number of thiol groups is 1. The number of amides is 1. The molecule has 0 spiro atoms. The van der Waals surface area contributed by atoms with E-state index in [4.69, 9.17) is 16.3 Å². The highest BCUT2D eigenvalue weighted by Gasteiger charge is 2.07. The summed E-state index contributed by atoms with van der Waals surface area (Å²) in [6.07, 6.45) is -0.569. The highest BCUT2D eigenvalue weighted by atomic mass is 35.5. The summed E-state index contributed by atoms with van der Waals surface area (Å²) in [5.41, 5.74) is 0. The summed E-state index contributed by atoms with van der Waals surface area (Å²) in [5, 5.41) is 2.60. The highest BCUT2D eigenvalue weighted by Crippen LogP contribution is 2.22. The van der Waals surface area contributed by atoms with Gasteiger partial charge in [0.15, 0.2) is 5.75 Å². The molecule has 1 aromatic rings. The van der Waals surface area contributed by atoms with Gasteiger partial charge in [0.2, 0.25) is 0 Å². The Morgan fingerprint density at radius 1 is 1.57 bits per heavy atom. The van der Waals surface area contributed by atoms with E-state index < -0.39 is 6.09 Å². The molecule has 0 aliphatic carbocycles. The zero-order chi connectivity index (χ0) is 10.6. The van der Waals surface area contributed by atoms with Crippen LogP contribution in [0, 0.1) is 0 Å². The minimum absolute atomic E-state index is 0.259. The van der Waals surface area contributed by atoms with Crippen LogP contribution in [0.2, 0.25) is 5.02 Å². The molecule has 0 fully saturated rings. The predicted octanol–water partition coefficient (Wildman–Crippen LogP) is 2.70. The zero-order valence-corrected chi connectivity index (χ0v) is 9.18. The monoisotopic (exact) mass is 231 g/mol. The topological polar surface area (TPSA) is 38.3 Å². The van der Waals surface area contributed by atoms with Gasteiger partial charge in [0.25, 0.3) is 0 Å². The number of benzene rings is 1. The minimum atomic E-state index is -0.569. The van der Waals surface area contributed by atoms with Gasteiger partial charge in [0.05, 0.1) is 10.4 Å². The van der Waals surface area contributed by atoms with Crippen molar-refractivity contribution in [1.82, 2.24) is 5.32 Å². The van der Waals surface area contributed by atoms with Crippen LogP contribution in [-0.4, -0.2) is 11.5 Å². The Hall–Kier alpha value is -0.870. The Morgan fingerprint density at radius 2 is 2.21 bits per heavy atom. The van der Waals surface area contributed by atoms with Gasteiger partial charge < -0.3 is 10.1 Å². The number of hydrogen-bond acceptors (Lipinski definition) is 3. The normalized spacial score (nSPS) is 11.9. The molecule has 3 nitrogen and oxygen atoms in total. The number of hydrogen-bond donors (Lipinski definition) is 2. The third kappa shape index (κ3) is 3.47. The molecule has 1 amide bonds. The molecule has 0 radical (unpaired) electrons. The van der Waals surface area contributed by atoms with E-state index in [0.717, 1.165) is 0 Å². The van der Waals surface area contributed by atoms with Crippen molar-refractivity contribution < 1.29 is 9.53 Å². The van der Waals surface area contributed by atoms with Crippen molar-refractivity contribution in [3.63, 3.8) is 0 Å². The lowest BCUT2D eigenvalue weighted by Crippen LogP contribution is -2.31. The van der Waals surface area contributed by atoms with E-state index in [2.05, 4.69) is 17.9 Å². The van der Waals surface area contributed by atoms with Crippen molar-refractivity contribution >= 4 is 30.3 Å². The second-order valence-electron chi connectivity index (χ2n) is 2.64. The molecule has 0 bridgehead atoms. The van der Waals surface area contributed by atoms with E-state index >= 15 is 0 Å². The third-order valence-corrected chi connectivity index (χ3v) is 1.81. The van der Waals surface area contributed by atoms with E-state index in [9.17, 15) is 4.79 Å². The third-order valence-electron chi connectivity index (χ3n) is 1.37. The first-order valence-corrected chi connectivity index (χ1v) is 4.90. The van der Waals surface area contributed by atoms with Gasteiger partial charge >= 0.3 is 6.09 Å². The van der Waals surface area contributed by atoms with Crippen LogP contribution < -0.4 is 10.1 Å². The molecule has 5 heteroatoms. The maximum absolute atomic E-state index is 11.1. The van der Waals surface area contributed by atoms with Gasteiger partial charge in [-0.1, -0.05) is 23.7 Å². The molecule has 76 valence electrons. The molecule has 0 aromatic heterocycles. The molecule has 1 aromatic carbocycles. The van der Waals surface area contributed by atoms with E-state index in [1.165, 1.54) is 0 Å². The molecule has 1 unspecified atom stereocenters. The molecule has 1 N–H and O–H groups in total. The summed E-state index contributed by atoms with van der Waals surface area (Å²) >= 11 is 9.77. The van der Waals surface area contributed by atoms with E-state index in [-0.39, 0.29) is 5.37 Å². The molecule has 14 heavy (non-hydrogen) atoms. The fraction of sp³-hybridized carbons (Fsp3) is 0.222. The number of halogens is 1. The van der Waals surface area contributed by atoms with Gasteiger partial charge in [-0.2, -0.15) is 12.6 Å². The number of para-hydroxylation sites is 1. The number of ether oxygens (including phenoxy) is 1. The summed E-state index contributed by atoms with van der Waals surface area (Å²) in [7, 11) is 0. The Labute approximate surface area is 92.8 Å². The smallest absolute Gasteiger partial charge is 0.409 e. The van der Waals surface area contributed by atoms with E-state index in [1.54, 1.807) is 31.2 Å².